The van der Waals surface area contributed by atoms with Gasteiger partial charge in [-0.25, -0.2) is 18.4 Å². The zero-order chi connectivity index (χ0) is 15.0. The van der Waals surface area contributed by atoms with Crippen LogP contribution in [0.1, 0.15) is 12.8 Å². The molecular weight excluding hydrogens is 312 g/mol. The summed E-state index contributed by atoms with van der Waals surface area (Å²) in [6.07, 6.45) is 4.70. The van der Waals surface area contributed by atoms with Gasteiger partial charge in [-0.15, -0.1) is 0 Å². The lowest BCUT2D eigenvalue weighted by Crippen LogP contribution is -2.38. The van der Waals surface area contributed by atoms with E-state index >= 15 is 0 Å². The van der Waals surface area contributed by atoms with E-state index < -0.39 is 9.84 Å². The first-order valence-electron chi connectivity index (χ1n) is 6.84. The Morgan fingerprint density at radius 1 is 1.48 bits per heavy atom. The highest BCUT2D eigenvalue weighted by molar-refractivity contribution is 7.90. The summed E-state index contributed by atoms with van der Waals surface area (Å²) in [5.74, 6) is 1.19. The molecule has 0 aromatic carbocycles. The number of halogens is 1. The molecule has 1 saturated heterocycles. The Labute approximate surface area is 128 Å². The molecule has 2 aromatic heterocycles. The molecule has 1 unspecified atom stereocenters. The molecule has 1 aliphatic rings. The zero-order valence-electron chi connectivity index (χ0n) is 11.7. The Bertz CT molecular complexity index is 759. The summed E-state index contributed by atoms with van der Waals surface area (Å²) in [6.45, 7) is 1.57. The van der Waals surface area contributed by atoms with Crippen molar-refractivity contribution in [3.8, 4) is 0 Å². The van der Waals surface area contributed by atoms with Gasteiger partial charge in [-0.1, -0.05) is 11.6 Å². The van der Waals surface area contributed by atoms with Gasteiger partial charge in [0.1, 0.15) is 32.8 Å². The van der Waals surface area contributed by atoms with Crippen LogP contribution in [0, 0.1) is 5.92 Å². The number of fused-ring (bicyclic) bond motifs is 1. The van der Waals surface area contributed by atoms with Crippen LogP contribution in [0.2, 0.25) is 5.15 Å². The highest BCUT2D eigenvalue weighted by Gasteiger charge is 2.25. The maximum atomic E-state index is 11.5. The van der Waals surface area contributed by atoms with Gasteiger partial charge < -0.3 is 9.88 Å². The second kappa shape index (κ2) is 5.46. The van der Waals surface area contributed by atoms with Gasteiger partial charge >= 0.3 is 0 Å². The SMILES string of the molecule is CS(=O)(=O)CC1CCCN(c2ncnc3[nH]c(Cl)cc23)C1. The van der Waals surface area contributed by atoms with Crippen molar-refractivity contribution in [3.63, 3.8) is 0 Å². The van der Waals surface area contributed by atoms with Gasteiger partial charge in [0, 0.05) is 19.3 Å². The molecule has 8 heteroatoms. The van der Waals surface area contributed by atoms with Crippen LogP contribution >= 0.6 is 11.6 Å². The molecule has 1 N–H and O–H groups in total. The average Bonchev–Trinajstić information content (AvgIpc) is 2.76. The molecule has 3 heterocycles. The minimum atomic E-state index is -2.95. The number of aromatic amines is 1. The first-order valence-corrected chi connectivity index (χ1v) is 9.28. The third-order valence-corrected chi connectivity index (χ3v) is 5.01. The van der Waals surface area contributed by atoms with E-state index in [9.17, 15) is 8.42 Å². The molecule has 3 rings (SSSR count). The quantitative estimate of drug-likeness (QED) is 0.930. The highest BCUT2D eigenvalue weighted by atomic mass is 35.5. The molecular formula is C13H17ClN4O2S. The molecule has 21 heavy (non-hydrogen) atoms. The van der Waals surface area contributed by atoms with E-state index in [1.807, 2.05) is 6.07 Å². The monoisotopic (exact) mass is 328 g/mol. The normalized spacial score (nSPS) is 20.1. The fourth-order valence-electron chi connectivity index (χ4n) is 2.97. The molecule has 1 aliphatic heterocycles. The Balaban J connectivity index is 1.88. The van der Waals surface area contributed by atoms with Gasteiger partial charge in [0.2, 0.25) is 0 Å². The maximum absolute atomic E-state index is 11.5. The van der Waals surface area contributed by atoms with Crippen molar-refractivity contribution in [2.75, 3.05) is 30.0 Å². The Morgan fingerprint density at radius 3 is 3.05 bits per heavy atom. The molecule has 6 nitrogen and oxygen atoms in total. The van der Waals surface area contributed by atoms with Gasteiger partial charge in [0.25, 0.3) is 0 Å². The van der Waals surface area contributed by atoms with Crippen molar-refractivity contribution >= 4 is 38.3 Å². The van der Waals surface area contributed by atoms with E-state index in [2.05, 4.69) is 19.9 Å². The topological polar surface area (TPSA) is 79.0 Å². The minimum Gasteiger partial charge on any atom is -0.356 e. The van der Waals surface area contributed by atoms with E-state index in [4.69, 9.17) is 11.6 Å². The van der Waals surface area contributed by atoms with Gasteiger partial charge in [-0.3, -0.25) is 0 Å². The second-order valence-corrected chi connectivity index (χ2v) is 8.22. The molecule has 0 aliphatic carbocycles. The van der Waals surface area contributed by atoms with E-state index in [0.29, 0.717) is 17.3 Å². The predicted octanol–water partition coefficient (Wildman–Crippen LogP) is 1.87. The van der Waals surface area contributed by atoms with Crippen molar-refractivity contribution in [3.05, 3.63) is 17.5 Å². The van der Waals surface area contributed by atoms with Crippen molar-refractivity contribution in [1.82, 2.24) is 15.0 Å². The summed E-state index contributed by atoms with van der Waals surface area (Å²) >= 11 is 5.99. The predicted molar refractivity (Wildman–Crippen MR) is 83.5 cm³/mol. The highest BCUT2D eigenvalue weighted by Crippen LogP contribution is 2.29. The largest absolute Gasteiger partial charge is 0.356 e. The maximum Gasteiger partial charge on any atom is 0.147 e. The number of anilines is 1. The van der Waals surface area contributed by atoms with E-state index in [1.165, 1.54) is 12.6 Å². The summed E-state index contributed by atoms with van der Waals surface area (Å²) in [7, 11) is -2.95. The molecule has 0 amide bonds. The van der Waals surface area contributed by atoms with Crippen LogP contribution in [-0.2, 0) is 9.84 Å². The van der Waals surface area contributed by atoms with E-state index in [-0.39, 0.29) is 11.7 Å². The van der Waals surface area contributed by atoms with Gasteiger partial charge in [-0.2, -0.15) is 0 Å². The molecule has 2 aromatic rings. The second-order valence-electron chi connectivity index (χ2n) is 5.62. The summed E-state index contributed by atoms with van der Waals surface area (Å²) in [4.78, 5) is 13.6. The van der Waals surface area contributed by atoms with Crippen LogP contribution in [0.3, 0.4) is 0 Å². The number of sulfone groups is 1. The van der Waals surface area contributed by atoms with E-state index in [0.717, 1.165) is 30.6 Å². The number of nitrogens with zero attached hydrogens (tertiary/aromatic N) is 3. The number of hydrogen-bond donors (Lipinski definition) is 1. The fourth-order valence-corrected chi connectivity index (χ4v) is 4.30. The molecule has 0 saturated carbocycles. The van der Waals surface area contributed by atoms with Gasteiger partial charge in [-0.05, 0) is 24.8 Å². The van der Waals surface area contributed by atoms with Crippen LogP contribution in [0.15, 0.2) is 12.4 Å². The number of piperidine rings is 1. The minimum absolute atomic E-state index is 0.146. The van der Waals surface area contributed by atoms with Crippen molar-refractivity contribution < 1.29 is 8.42 Å². The number of aromatic nitrogens is 3. The first-order chi connectivity index (χ1) is 9.92. The fraction of sp³-hybridized carbons (Fsp3) is 0.538. The van der Waals surface area contributed by atoms with Crippen LogP contribution in [0.25, 0.3) is 11.0 Å². The zero-order valence-corrected chi connectivity index (χ0v) is 13.3. The number of rotatable bonds is 3. The van der Waals surface area contributed by atoms with Gasteiger partial charge in [0.15, 0.2) is 0 Å². The third-order valence-electron chi connectivity index (χ3n) is 3.73. The number of H-pyrrole nitrogens is 1. The lowest BCUT2D eigenvalue weighted by Gasteiger charge is -2.33. The van der Waals surface area contributed by atoms with Gasteiger partial charge in [0.05, 0.1) is 11.1 Å². The number of hydrogen-bond acceptors (Lipinski definition) is 5. The standard InChI is InChI=1S/C13H17ClN4O2S/c1-21(19,20)7-9-3-2-4-18(6-9)13-10-5-11(14)17-12(10)15-8-16-13/h5,8-9H,2-4,6-7H2,1H3,(H,15,16,17). The summed E-state index contributed by atoms with van der Waals surface area (Å²) in [5, 5.41) is 1.40. The van der Waals surface area contributed by atoms with Crippen molar-refractivity contribution in [2.24, 2.45) is 5.92 Å². The molecule has 0 spiro atoms. The van der Waals surface area contributed by atoms with Crippen LogP contribution in [0.4, 0.5) is 5.82 Å². The molecule has 1 atom stereocenters. The summed E-state index contributed by atoms with van der Waals surface area (Å²) in [5.41, 5.74) is 0.704. The molecule has 0 radical (unpaired) electrons. The van der Waals surface area contributed by atoms with E-state index in [1.54, 1.807) is 0 Å². The molecule has 1 fully saturated rings. The summed E-state index contributed by atoms with van der Waals surface area (Å²) < 4.78 is 23.0. The third kappa shape index (κ3) is 3.29. The van der Waals surface area contributed by atoms with Crippen molar-refractivity contribution in [1.29, 1.82) is 0 Å². The van der Waals surface area contributed by atoms with Crippen LogP contribution < -0.4 is 4.90 Å². The Morgan fingerprint density at radius 2 is 2.29 bits per heavy atom. The first kappa shape index (κ1) is 14.6. The molecule has 114 valence electrons. The van der Waals surface area contributed by atoms with Crippen LogP contribution in [-0.4, -0.2) is 48.5 Å². The Kier molecular flexibility index (Phi) is 3.79. The smallest absolute Gasteiger partial charge is 0.147 e. The summed E-state index contributed by atoms with van der Waals surface area (Å²) in [6, 6.07) is 1.81. The average molecular weight is 329 g/mol. The molecule has 0 bridgehead atoms. The Hall–Kier alpha value is -1.34. The number of nitrogens with one attached hydrogen (secondary N) is 1. The lowest BCUT2D eigenvalue weighted by molar-refractivity contribution is 0.443. The lowest BCUT2D eigenvalue weighted by atomic mass is 10.00. The van der Waals surface area contributed by atoms with Crippen molar-refractivity contribution in [2.45, 2.75) is 12.8 Å². The van der Waals surface area contributed by atoms with Crippen LogP contribution in [0.5, 0.6) is 0 Å².